The highest BCUT2D eigenvalue weighted by Crippen LogP contribution is 2.11. The molecule has 15 heavy (non-hydrogen) atoms. The van der Waals surface area contributed by atoms with Crippen LogP contribution in [0.25, 0.3) is 0 Å². The number of carbonyl (C=O) groups is 1. The van der Waals surface area contributed by atoms with Crippen LogP contribution in [-0.2, 0) is 4.79 Å². The van der Waals surface area contributed by atoms with Crippen LogP contribution >= 0.6 is 0 Å². The molecule has 84 valence electrons. The van der Waals surface area contributed by atoms with Crippen LogP contribution in [0.15, 0.2) is 12.4 Å². The van der Waals surface area contributed by atoms with Gasteiger partial charge in [0.05, 0.1) is 17.4 Å². The van der Waals surface area contributed by atoms with Crippen molar-refractivity contribution in [1.29, 1.82) is 0 Å². The molecule has 0 aliphatic rings. The van der Waals surface area contributed by atoms with Gasteiger partial charge in [0.2, 0.25) is 5.91 Å². The van der Waals surface area contributed by atoms with Gasteiger partial charge in [0.25, 0.3) is 0 Å². The lowest BCUT2D eigenvalue weighted by Gasteiger charge is -2.16. The van der Waals surface area contributed by atoms with Crippen LogP contribution in [0.5, 0.6) is 0 Å². The zero-order chi connectivity index (χ0) is 11.6. The molecular weight excluding hydrogens is 192 g/mol. The molecule has 0 spiro atoms. The van der Waals surface area contributed by atoms with Crippen LogP contribution < -0.4 is 11.1 Å². The van der Waals surface area contributed by atoms with Gasteiger partial charge in [-0.25, -0.2) is 0 Å². The second-order valence-corrected chi connectivity index (χ2v) is 4.48. The zero-order valence-electron chi connectivity index (χ0n) is 9.61. The first kappa shape index (κ1) is 11.7. The molecule has 0 aliphatic heterocycles. The molecule has 0 radical (unpaired) electrons. The summed E-state index contributed by atoms with van der Waals surface area (Å²) < 4.78 is 1.78. The lowest BCUT2D eigenvalue weighted by molar-refractivity contribution is -0.120. The number of nitrogens with two attached hydrogens (primary N) is 1. The third-order valence-electron chi connectivity index (χ3n) is 1.97. The van der Waals surface area contributed by atoms with Crippen molar-refractivity contribution in [1.82, 2.24) is 9.78 Å². The van der Waals surface area contributed by atoms with E-state index in [0.29, 0.717) is 5.69 Å². The average Bonchev–Trinajstić information content (AvgIpc) is 2.50. The molecule has 0 aromatic carbocycles. The number of rotatable bonds is 3. The highest BCUT2D eigenvalue weighted by molar-refractivity contribution is 5.97. The Labute approximate surface area is 89.6 Å². The molecule has 5 nitrogen and oxygen atoms in total. The molecule has 0 saturated carbocycles. The summed E-state index contributed by atoms with van der Waals surface area (Å²) in [6, 6.07) is 0.279. The minimum Gasteiger partial charge on any atom is -0.322 e. The van der Waals surface area contributed by atoms with Crippen molar-refractivity contribution < 1.29 is 4.79 Å². The summed E-state index contributed by atoms with van der Waals surface area (Å²) in [5.74, 6) is -0.217. The normalized spacial score (nSPS) is 11.9. The van der Waals surface area contributed by atoms with Gasteiger partial charge >= 0.3 is 0 Å². The molecule has 1 heterocycles. The number of aromatic nitrogens is 2. The molecule has 1 rings (SSSR count). The van der Waals surface area contributed by atoms with Crippen molar-refractivity contribution in [2.24, 2.45) is 5.73 Å². The van der Waals surface area contributed by atoms with Crippen LogP contribution in [0.2, 0.25) is 0 Å². The molecule has 0 bridgehead atoms. The van der Waals surface area contributed by atoms with E-state index in [1.165, 1.54) is 0 Å². The second kappa shape index (κ2) is 4.02. The fourth-order valence-electron chi connectivity index (χ4n) is 0.977. The zero-order valence-corrected chi connectivity index (χ0v) is 9.61. The maximum atomic E-state index is 11.5. The minimum atomic E-state index is -0.875. The quantitative estimate of drug-likeness (QED) is 0.785. The Morgan fingerprint density at radius 3 is 2.60 bits per heavy atom. The van der Waals surface area contributed by atoms with Crippen molar-refractivity contribution in [3.63, 3.8) is 0 Å². The summed E-state index contributed by atoms with van der Waals surface area (Å²) in [6.45, 7) is 7.36. The molecule has 1 amide bonds. The smallest absolute Gasteiger partial charge is 0.243 e. The van der Waals surface area contributed by atoms with Gasteiger partial charge in [-0.3, -0.25) is 9.48 Å². The maximum absolute atomic E-state index is 11.5. The van der Waals surface area contributed by atoms with Crippen molar-refractivity contribution in [3.8, 4) is 0 Å². The van der Waals surface area contributed by atoms with Gasteiger partial charge in [-0.1, -0.05) is 0 Å². The summed E-state index contributed by atoms with van der Waals surface area (Å²) in [5.41, 5.74) is 5.45. The first-order valence-electron chi connectivity index (χ1n) is 4.95. The van der Waals surface area contributed by atoms with Gasteiger partial charge < -0.3 is 11.1 Å². The van der Waals surface area contributed by atoms with E-state index in [1.54, 1.807) is 30.9 Å². The Hall–Kier alpha value is -1.36. The molecule has 0 unspecified atom stereocenters. The SMILES string of the molecule is CC(C)n1cc(NC(=O)C(C)(C)N)cn1. The highest BCUT2D eigenvalue weighted by Gasteiger charge is 2.22. The predicted octanol–water partition coefficient (Wildman–Crippen LogP) is 1.14. The molecule has 5 heteroatoms. The summed E-state index contributed by atoms with van der Waals surface area (Å²) in [6.07, 6.45) is 3.40. The van der Waals surface area contributed by atoms with Crippen LogP contribution in [0.3, 0.4) is 0 Å². The number of anilines is 1. The molecule has 0 saturated heterocycles. The minimum absolute atomic E-state index is 0.217. The average molecular weight is 210 g/mol. The Balaban J connectivity index is 2.70. The van der Waals surface area contributed by atoms with Crippen molar-refractivity contribution >= 4 is 11.6 Å². The van der Waals surface area contributed by atoms with Crippen molar-refractivity contribution in [3.05, 3.63) is 12.4 Å². The van der Waals surface area contributed by atoms with Gasteiger partial charge in [-0.2, -0.15) is 5.10 Å². The number of hydrogen-bond acceptors (Lipinski definition) is 3. The van der Waals surface area contributed by atoms with Gasteiger partial charge in [0, 0.05) is 12.2 Å². The Morgan fingerprint density at radius 1 is 1.60 bits per heavy atom. The highest BCUT2D eigenvalue weighted by atomic mass is 16.2. The third-order valence-corrected chi connectivity index (χ3v) is 1.97. The molecule has 3 N–H and O–H groups in total. The Kier molecular flexibility index (Phi) is 3.14. The lowest BCUT2D eigenvalue weighted by Crippen LogP contribution is -2.45. The third kappa shape index (κ3) is 3.06. The van der Waals surface area contributed by atoms with E-state index in [0.717, 1.165) is 0 Å². The fraction of sp³-hybridized carbons (Fsp3) is 0.600. The number of hydrogen-bond donors (Lipinski definition) is 2. The fourth-order valence-corrected chi connectivity index (χ4v) is 0.977. The van der Waals surface area contributed by atoms with Crippen LogP contribution in [0.4, 0.5) is 5.69 Å². The lowest BCUT2D eigenvalue weighted by atomic mass is 10.1. The molecule has 0 aliphatic carbocycles. The van der Waals surface area contributed by atoms with E-state index in [1.807, 2.05) is 13.8 Å². The van der Waals surface area contributed by atoms with E-state index in [9.17, 15) is 4.79 Å². The Bertz CT molecular complexity index is 349. The number of amides is 1. The molecule has 1 aromatic heterocycles. The summed E-state index contributed by atoms with van der Waals surface area (Å²) in [4.78, 5) is 11.5. The van der Waals surface area contributed by atoms with E-state index < -0.39 is 5.54 Å². The number of nitrogens with one attached hydrogen (secondary N) is 1. The molecule has 0 fully saturated rings. The first-order chi connectivity index (χ1) is 6.80. The summed E-state index contributed by atoms with van der Waals surface area (Å²) >= 11 is 0. The number of nitrogens with zero attached hydrogens (tertiary/aromatic N) is 2. The largest absolute Gasteiger partial charge is 0.322 e. The van der Waals surface area contributed by atoms with Crippen LogP contribution in [0.1, 0.15) is 33.7 Å². The van der Waals surface area contributed by atoms with E-state index in [-0.39, 0.29) is 11.9 Å². The van der Waals surface area contributed by atoms with Gasteiger partial charge in [0.1, 0.15) is 0 Å². The van der Waals surface area contributed by atoms with Crippen molar-refractivity contribution in [2.45, 2.75) is 39.3 Å². The van der Waals surface area contributed by atoms with E-state index in [2.05, 4.69) is 10.4 Å². The van der Waals surface area contributed by atoms with Gasteiger partial charge in [-0.15, -0.1) is 0 Å². The topological polar surface area (TPSA) is 72.9 Å². The summed E-state index contributed by atoms with van der Waals surface area (Å²) in [7, 11) is 0. The standard InChI is InChI=1S/C10H18N4O/c1-7(2)14-6-8(5-12-14)13-9(15)10(3,4)11/h5-7H,11H2,1-4H3,(H,13,15). The molecule has 0 atom stereocenters. The maximum Gasteiger partial charge on any atom is 0.243 e. The Morgan fingerprint density at radius 2 is 2.20 bits per heavy atom. The van der Waals surface area contributed by atoms with Gasteiger partial charge in [-0.05, 0) is 27.7 Å². The van der Waals surface area contributed by atoms with Gasteiger partial charge in [0.15, 0.2) is 0 Å². The number of carbonyl (C=O) groups excluding carboxylic acids is 1. The van der Waals surface area contributed by atoms with Crippen LogP contribution in [0, 0.1) is 0 Å². The van der Waals surface area contributed by atoms with Crippen molar-refractivity contribution in [2.75, 3.05) is 5.32 Å². The summed E-state index contributed by atoms with van der Waals surface area (Å²) in [5, 5.41) is 6.82. The molecule has 1 aromatic rings. The second-order valence-electron chi connectivity index (χ2n) is 4.48. The van der Waals surface area contributed by atoms with E-state index in [4.69, 9.17) is 5.73 Å². The van der Waals surface area contributed by atoms with Crippen LogP contribution in [-0.4, -0.2) is 21.2 Å². The first-order valence-corrected chi connectivity index (χ1v) is 4.95. The van der Waals surface area contributed by atoms with E-state index >= 15 is 0 Å². The monoisotopic (exact) mass is 210 g/mol. The molecular formula is C10H18N4O. The predicted molar refractivity (Wildman–Crippen MR) is 59.5 cm³/mol.